The molecule has 0 saturated carbocycles. The lowest BCUT2D eigenvalue weighted by Gasteiger charge is -2.14. The van der Waals surface area contributed by atoms with E-state index in [4.69, 9.17) is 21.1 Å². The fourth-order valence-corrected chi connectivity index (χ4v) is 3.58. The molecule has 4 rings (SSSR count). The molecule has 3 aromatic heterocycles. The van der Waals surface area contributed by atoms with E-state index in [-0.39, 0.29) is 13.2 Å². The molecule has 0 amide bonds. The molecule has 0 radical (unpaired) electrons. The maximum Gasteiger partial charge on any atom is 0.162 e. The SMILES string of the molecule is COC[C@@H](O)Cn1cc(NC(O)c2cnn3cccnc23)c(-c2cc(Cl)ccc2OC)n1. The molecule has 3 heterocycles. The Hall–Kier alpha value is -3.18. The van der Waals surface area contributed by atoms with Gasteiger partial charge in [-0.3, -0.25) is 4.68 Å². The van der Waals surface area contributed by atoms with Crippen LogP contribution in [0.25, 0.3) is 16.9 Å². The van der Waals surface area contributed by atoms with Crippen molar-refractivity contribution < 1.29 is 19.7 Å². The smallest absolute Gasteiger partial charge is 0.162 e. The molecule has 4 aromatic rings. The van der Waals surface area contributed by atoms with E-state index in [0.29, 0.717) is 38.9 Å². The summed E-state index contributed by atoms with van der Waals surface area (Å²) >= 11 is 6.22. The number of aliphatic hydroxyl groups is 2. The number of anilines is 1. The van der Waals surface area contributed by atoms with Gasteiger partial charge in [-0.1, -0.05) is 11.6 Å². The number of hydrogen-bond acceptors (Lipinski definition) is 8. The van der Waals surface area contributed by atoms with E-state index in [2.05, 4.69) is 20.5 Å². The zero-order valence-electron chi connectivity index (χ0n) is 17.5. The van der Waals surface area contributed by atoms with E-state index in [1.807, 2.05) is 0 Å². The molecular formula is C21H23ClN6O4. The average molecular weight is 459 g/mol. The number of aliphatic hydroxyl groups excluding tert-OH is 2. The maximum atomic E-state index is 10.9. The van der Waals surface area contributed by atoms with Crippen molar-refractivity contribution in [2.24, 2.45) is 0 Å². The Morgan fingerprint density at radius 3 is 2.88 bits per heavy atom. The first kappa shape index (κ1) is 22.0. The van der Waals surface area contributed by atoms with Crippen LogP contribution in [-0.2, 0) is 11.3 Å². The standard InChI is InChI=1S/C21H23ClN6O4/c1-31-12-14(29)10-27-11-17(19(26-27)15-8-13(22)4-5-18(15)32-2)25-21(30)16-9-24-28-7-3-6-23-20(16)28/h3-9,11,14,21,25,29-30H,10,12H2,1-2H3/t14-,21?/m0/s1. The van der Waals surface area contributed by atoms with Crippen LogP contribution in [-0.4, -0.2) is 61.5 Å². The minimum Gasteiger partial charge on any atom is -0.496 e. The fraction of sp³-hybridized carbons (Fsp3) is 0.286. The highest BCUT2D eigenvalue weighted by molar-refractivity contribution is 6.31. The molecule has 3 N–H and O–H groups in total. The van der Waals surface area contributed by atoms with Gasteiger partial charge in [-0.25, -0.2) is 9.50 Å². The van der Waals surface area contributed by atoms with E-state index < -0.39 is 12.3 Å². The van der Waals surface area contributed by atoms with Crippen molar-refractivity contribution in [1.82, 2.24) is 24.4 Å². The number of fused-ring (bicyclic) bond motifs is 1. The van der Waals surface area contributed by atoms with E-state index in [1.165, 1.54) is 7.11 Å². The van der Waals surface area contributed by atoms with Gasteiger partial charge in [0, 0.05) is 36.3 Å². The summed E-state index contributed by atoms with van der Waals surface area (Å²) in [5.41, 5.74) is 2.67. The summed E-state index contributed by atoms with van der Waals surface area (Å²) in [6.07, 6.45) is 4.74. The lowest BCUT2D eigenvalue weighted by molar-refractivity contribution is 0.0514. The minimum absolute atomic E-state index is 0.162. The van der Waals surface area contributed by atoms with Crippen LogP contribution in [0.1, 0.15) is 11.8 Å². The van der Waals surface area contributed by atoms with Crippen LogP contribution >= 0.6 is 11.6 Å². The first-order valence-corrected chi connectivity index (χ1v) is 10.2. The molecule has 32 heavy (non-hydrogen) atoms. The number of nitrogens with zero attached hydrogens (tertiary/aromatic N) is 5. The second-order valence-corrected chi connectivity index (χ2v) is 7.54. The molecule has 0 saturated heterocycles. The summed E-state index contributed by atoms with van der Waals surface area (Å²) < 4.78 is 13.6. The Morgan fingerprint density at radius 1 is 1.25 bits per heavy atom. The lowest BCUT2D eigenvalue weighted by atomic mass is 10.1. The van der Waals surface area contributed by atoms with Crippen molar-refractivity contribution in [1.29, 1.82) is 0 Å². The highest BCUT2D eigenvalue weighted by Gasteiger charge is 2.21. The summed E-state index contributed by atoms with van der Waals surface area (Å²) in [7, 11) is 3.07. The van der Waals surface area contributed by atoms with E-state index in [9.17, 15) is 10.2 Å². The highest BCUT2D eigenvalue weighted by atomic mass is 35.5. The van der Waals surface area contributed by atoms with E-state index in [0.717, 1.165) is 0 Å². The Balaban J connectivity index is 1.72. The topological polar surface area (TPSA) is 119 Å². The van der Waals surface area contributed by atoms with Gasteiger partial charge in [-0.15, -0.1) is 0 Å². The van der Waals surface area contributed by atoms with E-state index >= 15 is 0 Å². The number of ether oxygens (including phenoxy) is 2. The second kappa shape index (κ2) is 9.53. The number of methoxy groups -OCH3 is 2. The third-order valence-electron chi connectivity index (χ3n) is 4.83. The fourth-order valence-electron chi connectivity index (χ4n) is 3.41. The van der Waals surface area contributed by atoms with Crippen molar-refractivity contribution in [2.45, 2.75) is 18.9 Å². The number of rotatable bonds is 9. The van der Waals surface area contributed by atoms with Gasteiger partial charge in [-0.05, 0) is 24.3 Å². The summed E-state index contributed by atoms with van der Waals surface area (Å²) in [6, 6.07) is 6.94. The Bertz CT molecular complexity index is 1210. The molecule has 0 aliphatic rings. The van der Waals surface area contributed by atoms with E-state index in [1.54, 1.807) is 65.4 Å². The lowest BCUT2D eigenvalue weighted by Crippen LogP contribution is -2.21. The van der Waals surface area contributed by atoms with Crippen molar-refractivity contribution in [2.75, 3.05) is 26.1 Å². The van der Waals surface area contributed by atoms with Gasteiger partial charge < -0.3 is 25.0 Å². The molecule has 168 valence electrons. The summed E-state index contributed by atoms with van der Waals surface area (Å²) in [4.78, 5) is 4.28. The number of hydrogen-bond donors (Lipinski definition) is 3. The van der Waals surface area contributed by atoms with Gasteiger partial charge in [0.05, 0.1) is 43.8 Å². The van der Waals surface area contributed by atoms with Gasteiger partial charge in [0.25, 0.3) is 0 Å². The van der Waals surface area contributed by atoms with Crippen LogP contribution in [0.3, 0.4) is 0 Å². The van der Waals surface area contributed by atoms with Crippen molar-refractivity contribution in [3.05, 3.63) is 59.6 Å². The van der Waals surface area contributed by atoms with Crippen molar-refractivity contribution >= 4 is 22.9 Å². The van der Waals surface area contributed by atoms with Gasteiger partial charge in [0.2, 0.25) is 0 Å². The number of aromatic nitrogens is 5. The Labute approximate surface area is 189 Å². The molecule has 2 atom stereocenters. The van der Waals surface area contributed by atoms with Crippen LogP contribution in [0, 0.1) is 0 Å². The molecule has 0 spiro atoms. The molecule has 0 fully saturated rings. The Kier molecular flexibility index (Phi) is 6.56. The maximum absolute atomic E-state index is 10.9. The molecule has 1 unspecified atom stereocenters. The molecular weight excluding hydrogens is 436 g/mol. The van der Waals surface area contributed by atoms with Gasteiger partial charge in [0.15, 0.2) is 11.9 Å². The number of nitrogens with one attached hydrogen (secondary N) is 1. The van der Waals surface area contributed by atoms with Gasteiger partial charge in [0.1, 0.15) is 11.4 Å². The molecule has 11 heteroatoms. The van der Waals surface area contributed by atoms with Crippen LogP contribution in [0.2, 0.25) is 5.02 Å². The monoisotopic (exact) mass is 458 g/mol. The zero-order valence-corrected chi connectivity index (χ0v) is 18.3. The summed E-state index contributed by atoms with van der Waals surface area (Å²) in [5.74, 6) is 0.562. The average Bonchev–Trinajstić information content (AvgIpc) is 3.38. The third kappa shape index (κ3) is 4.53. The molecule has 0 aliphatic heterocycles. The molecule has 0 aliphatic carbocycles. The van der Waals surface area contributed by atoms with Crippen molar-refractivity contribution in [3.8, 4) is 17.0 Å². The van der Waals surface area contributed by atoms with Crippen LogP contribution < -0.4 is 10.1 Å². The zero-order chi connectivity index (χ0) is 22.7. The van der Waals surface area contributed by atoms with Crippen molar-refractivity contribution in [3.63, 3.8) is 0 Å². The number of halogens is 1. The summed E-state index contributed by atoms with van der Waals surface area (Å²) in [6.45, 7) is 0.356. The normalized spacial score (nSPS) is 13.3. The van der Waals surface area contributed by atoms with Gasteiger partial charge >= 0.3 is 0 Å². The van der Waals surface area contributed by atoms with Crippen LogP contribution in [0.4, 0.5) is 5.69 Å². The highest BCUT2D eigenvalue weighted by Crippen LogP contribution is 2.37. The quantitative estimate of drug-likeness (QED) is 0.327. The number of benzene rings is 1. The predicted molar refractivity (Wildman–Crippen MR) is 119 cm³/mol. The summed E-state index contributed by atoms with van der Waals surface area (Å²) in [5, 5.41) is 33.5. The molecule has 1 aromatic carbocycles. The largest absolute Gasteiger partial charge is 0.496 e. The molecule has 0 bridgehead atoms. The third-order valence-corrected chi connectivity index (χ3v) is 5.06. The minimum atomic E-state index is -1.12. The van der Waals surface area contributed by atoms with Gasteiger partial charge in [-0.2, -0.15) is 10.2 Å². The Morgan fingerprint density at radius 2 is 2.09 bits per heavy atom. The first-order chi connectivity index (χ1) is 15.5. The predicted octanol–water partition coefficient (Wildman–Crippen LogP) is 2.37. The first-order valence-electron chi connectivity index (χ1n) is 9.81. The van der Waals surface area contributed by atoms with Crippen LogP contribution in [0.15, 0.2) is 49.1 Å². The van der Waals surface area contributed by atoms with Crippen LogP contribution in [0.5, 0.6) is 5.75 Å². The second-order valence-electron chi connectivity index (χ2n) is 7.10. The molecule has 10 nitrogen and oxygen atoms in total.